The monoisotopic (exact) mass is 437 g/mol. The van der Waals surface area contributed by atoms with E-state index in [1.54, 1.807) is 13.0 Å². The first-order valence-electron chi connectivity index (χ1n) is 8.89. The van der Waals surface area contributed by atoms with Crippen LogP contribution in [0, 0.1) is 13.8 Å². The van der Waals surface area contributed by atoms with Crippen molar-refractivity contribution >= 4 is 45.8 Å². The number of halogens is 3. The van der Waals surface area contributed by atoms with Gasteiger partial charge in [0.05, 0.1) is 10.6 Å². The lowest BCUT2D eigenvalue weighted by Gasteiger charge is -2.30. The van der Waals surface area contributed by atoms with Crippen molar-refractivity contribution in [2.75, 3.05) is 13.3 Å². The van der Waals surface area contributed by atoms with Gasteiger partial charge in [0.1, 0.15) is 18.1 Å². The molecule has 3 aromatic rings. The van der Waals surface area contributed by atoms with Crippen molar-refractivity contribution in [1.82, 2.24) is 4.90 Å². The number of ether oxygens (including phenoxy) is 1. The normalized spacial score (nSPS) is 14.2. The Kier molecular flexibility index (Phi) is 5.32. The number of nitrogens with zero attached hydrogens (tertiary/aromatic N) is 1. The van der Waals surface area contributed by atoms with Gasteiger partial charge in [-0.25, -0.2) is 4.79 Å². The lowest BCUT2D eigenvalue weighted by atomic mass is 10.0. The molecule has 146 valence electrons. The first-order chi connectivity index (χ1) is 13.3. The summed E-state index contributed by atoms with van der Waals surface area (Å²) in [5.41, 5.74) is 3.50. The summed E-state index contributed by atoms with van der Waals surface area (Å²) < 4.78 is 11.5. The van der Waals surface area contributed by atoms with E-state index in [-0.39, 0.29) is 5.63 Å². The molecule has 0 fully saturated rings. The molecule has 4 nitrogen and oxygen atoms in total. The van der Waals surface area contributed by atoms with Crippen LogP contribution in [0.2, 0.25) is 15.1 Å². The van der Waals surface area contributed by atoms with E-state index >= 15 is 0 Å². The number of rotatable bonds is 3. The Morgan fingerprint density at radius 1 is 1.07 bits per heavy atom. The van der Waals surface area contributed by atoms with Gasteiger partial charge in [-0.2, -0.15) is 0 Å². The minimum atomic E-state index is -0.334. The Hall–Kier alpha value is -1.72. The molecular formula is C21H18Cl3NO3. The standard InChI is InChI=1S/C21H18Cl3NO3/c1-11-12(2)21(26)28-19-15(11)8-18(24)20-16(19)9-25(10-27-20)6-5-13-3-4-14(22)7-17(13)23/h3-4,7-8H,5-6,9-10H2,1-2H3. The highest BCUT2D eigenvalue weighted by molar-refractivity contribution is 6.35. The molecule has 1 aromatic heterocycles. The molecule has 0 amide bonds. The lowest BCUT2D eigenvalue weighted by Crippen LogP contribution is -2.34. The van der Waals surface area contributed by atoms with Gasteiger partial charge < -0.3 is 9.15 Å². The molecular weight excluding hydrogens is 421 g/mol. The van der Waals surface area contributed by atoms with Crippen molar-refractivity contribution in [3.63, 3.8) is 0 Å². The topological polar surface area (TPSA) is 42.7 Å². The van der Waals surface area contributed by atoms with Crippen molar-refractivity contribution in [2.45, 2.75) is 26.8 Å². The van der Waals surface area contributed by atoms with Gasteiger partial charge in [-0.05, 0) is 49.6 Å². The SMILES string of the molecule is Cc1c(C)c2cc(Cl)c3c(c2oc1=O)CN(CCc1ccc(Cl)cc1Cl)CO3. The Labute approximate surface area is 177 Å². The van der Waals surface area contributed by atoms with E-state index < -0.39 is 0 Å². The Balaban J connectivity index is 1.65. The molecule has 7 heteroatoms. The summed E-state index contributed by atoms with van der Waals surface area (Å²) in [6.07, 6.45) is 0.745. The number of fused-ring (bicyclic) bond motifs is 3. The average molecular weight is 439 g/mol. The highest BCUT2D eigenvalue weighted by Crippen LogP contribution is 2.39. The van der Waals surface area contributed by atoms with E-state index in [4.69, 9.17) is 44.0 Å². The third-order valence-electron chi connectivity index (χ3n) is 5.23. The molecule has 0 radical (unpaired) electrons. The van der Waals surface area contributed by atoms with E-state index in [1.165, 1.54) is 0 Å². The van der Waals surface area contributed by atoms with Crippen LogP contribution in [-0.4, -0.2) is 18.2 Å². The van der Waals surface area contributed by atoms with Gasteiger partial charge >= 0.3 is 5.63 Å². The molecule has 0 atom stereocenters. The summed E-state index contributed by atoms with van der Waals surface area (Å²) in [7, 11) is 0. The zero-order valence-corrected chi connectivity index (χ0v) is 17.7. The Bertz CT molecular complexity index is 1140. The van der Waals surface area contributed by atoms with Gasteiger partial charge in [0.15, 0.2) is 0 Å². The number of hydrogen-bond donors (Lipinski definition) is 0. The van der Waals surface area contributed by atoms with Crippen LogP contribution < -0.4 is 10.4 Å². The largest absolute Gasteiger partial charge is 0.476 e. The highest BCUT2D eigenvalue weighted by atomic mass is 35.5. The van der Waals surface area contributed by atoms with Crippen LogP contribution in [-0.2, 0) is 13.0 Å². The summed E-state index contributed by atoms with van der Waals surface area (Å²) in [4.78, 5) is 14.3. The smallest absolute Gasteiger partial charge is 0.339 e. The fourth-order valence-corrected chi connectivity index (χ4v) is 4.24. The molecule has 0 bridgehead atoms. The minimum Gasteiger partial charge on any atom is -0.476 e. The highest BCUT2D eigenvalue weighted by Gasteiger charge is 2.25. The first-order valence-corrected chi connectivity index (χ1v) is 10.0. The maximum atomic E-state index is 12.2. The van der Waals surface area contributed by atoms with Crippen LogP contribution in [0.3, 0.4) is 0 Å². The van der Waals surface area contributed by atoms with Crippen LogP contribution >= 0.6 is 34.8 Å². The van der Waals surface area contributed by atoms with Gasteiger partial charge in [-0.1, -0.05) is 40.9 Å². The van der Waals surface area contributed by atoms with Gasteiger partial charge in [-0.3, -0.25) is 4.90 Å². The van der Waals surface area contributed by atoms with Gasteiger partial charge in [0.2, 0.25) is 0 Å². The van der Waals surface area contributed by atoms with Gasteiger partial charge in [0.25, 0.3) is 0 Å². The number of hydrogen-bond acceptors (Lipinski definition) is 4. The molecule has 1 aliphatic rings. The molecule has 0 saturated heterocycles. The van der Waals surface area contributed by atoms with Crippen LogP contribution in [0.5, 0.6) is 5.75 Å². The van der Waals surface area contributed by atoms with Crippen LogP contribution in [0.25, 0.3) is 11.0 Å². The van der Waals surface area contributed by atoms with Gasteiger partial charge in [-0.15, -0.1) is 0 Å². The summed E-state index contributed by atoms with van der Waals surface area (Å²) >= 11 is 18.7. The summed E-state index contributed by atoms with van der Waals surface area (Å²) in [5, 5.41) is 2.63. The third kappa shape index (κ3) is 3.50. The van der Waals surface area contributed by atoms with E-state index in [9.17, 15) is 4.79 Å². The molecule has 28 heavy (non-hydrogen) atoms. The van der Waals surface area contributed by atoms with E-state index in [1.807, 2.05) is 25.1 Å². The maximum absolute atomic E-state index is 12.2. The maximum Gasteiger partial charge on any atom is 0.339 e. The number of benzene rings is 2. The molecule has 0 unspecified atom stereocenters. The van der Waals surface area contributed by atoms with Crippen LogP contribution in [0.1, 0.15) is 22.3 Å². The van der Waals surface area contributed by atoms with Crippen LogP contribution in [0.15, 0.2) is 33.5 Å². The molecule has 0 N–H and O–H groups in total. The molecule has 0 spiro atoms. The predicted octanol–water partition coefficient (Wildman–Crippen LogP) is 5.76. The van der Waals surface area contributed by atoms with Crippen molar-refractivity contribution < 1.29 is 9.15 Å². The average Bonchev–Trinajstić information content (AvgIpc) is 2.67. The zero-order chi connectivity index (χ0) is 20.0. The third-order valence-corrected chi connectivity index (χ3v) is 6.10. The molecule has 0 saturated carbocycles. The fourth-order valence-electron chi connectivity index (χ4n) is 3.46. The summed E-state index contributed by atoms with van der Waals surface area (Å²) in [6.45, 7) is 5.36. The van der Waals surface area contributed by atoms with Crippen molar-refractivity contribution in [1.29, 1.82) is 0 Å². The lowest BCUT2D eigenvalue weighted by molar-refractivity contribution is 0.0969. The van der Waals surface area contributed by atoms with Gasteiger partial charge in [0, 0.05) is 34.1 Å². The van der Waals surface area contributed by atoms with E-state index in [0.717, 1.165) is 35.0 Å². The number of aryl methyl sites for hydroxylation is 1. The van der Waals surface area contributed by atoms with E-state index in [2.05, 4.69) is 4.90 Å². The quantitative estimate of drug-likeness (QED) is 0.487. The van der Waals surface area contributed by atoms with Crippen LogP contribution in [0.4, 0.5) is 0 Å². The Morgan fingerprint density at radius 2 is 1.86 bits per heavy atom. The fraction of sp³-hybridized carbons (Fsp3) is 0.286. The summed E-state index contributed by atoms with van der Waals surface area (Å²) in [6, 6.07) is 7.32. The second kappa shape index (κ2) is 7.60. The molecule has 0 aliphatic carbocycles. The van der Waals surface area contributed by atoms with E-state index in [0.29, 0.717) is 45.2 Å². The molecule has 2 heterocycles. The summed E-state index contributed by atoms with van der Waals surface area (Å²) in [5.74, 6) is 0.585. The molecule has 4 rings (SSSR count). The second-order valence-electron chi connectivity index (χ2n) is 6.99. The Morgan fingerprint density at radius 3 is 2.61 bits per heavy atom. The van der Waals surface area contributed by atoms with Crippen molar-refractivity contribution in [2.24, 2.45) is 0 Å². The zero-order valence-electron chi connectivity index (χ0n) is 15.4. The van der Waals surface area contributed by atoms with Crippen molar-refractivity contribution in [3.8, 4) is 5.75 Å². The van der Waals surface area contributed by atoms with Crippen molar-refractivity contribution in [3.05, 3.63) is 72.0 Å². The first kappa shape index (κ1) is 19.6. The molecule has 1 aliphatic heterocycles. The second-order valence-corrected chi connectivity index (χ2v) is 8.24. The molecule has 2 aromatic carbocycles. The predicted molar refractivity (Wildman–Crippen MR) is 113 cm³/mol. The minimum absolute atomic E-state index is 0.334.